The summed E-state index contributed by atoms with van der Waals surface area (Å²) in [6, 6.07) is 3.20. The van der Waals surface area contributed by atoms with Crippen LogP contribution in [0.3, 0.4) is 0 Å². The van der Waals surface area contributed by atoms with Crippen LogP contribution in [0, 0.1) is 0 Å². The molecule has 1 atom stereocenters. The topological polar surface area (TPSA) is 79.5 Å². The summed E-state index contributed by atoms with van der Waals surface area (Å²) in [5, 5.41) is 0.0982. The van der Waals surface area contributed by atoms with E-state index in [0.29, 0.717) is 13.1 Å². The Hall–Kier alpha value is -1.02. The van der Waals surface area contributed by atoms with Gasteiger partial charge in [0.1, 0.15) is 0 Å². The number of hydrogen-bond acceptors (Lipinski definition) is 5. The second-order valence-electron chi connectivity index (χ2n) is 4.94. The van der Waals surface area contributed by atoms with Crippen molar-refractivity contribution in [1.82, 2.24) is 14.2 Å². The third-order valence-electron chi connectivity index (χ3n) is 3.38. The van der Waals surface area contributed by atoms with E-state index in [1.807, 2.05) is 14.0 Å². The maximum absolute atomic E-state index is 12.5. The van der Waals surface area contributed by atoms with E-state index in [4.69, 9.17) is 5.73 Å². The summed E-state index contributed by atoms with van der Waals surface area (Å²) >= 11 is 0. The van der Waals surface area contributed by atoms with E-state index in [-0.39, 0.29) is 11.1 Å². The van der Waals surface area contributed by atoms with Crippen LogP contribution in [0.5, 0.6) is 0 Å². The van der Waals surface area contributed by atoms with Crippen LogP contribution in [0.4, 0.5) is 0 Å². The van der Waals surface area contributed by atoms with Gasteiger partial charge in [0.05, 0.1) is 0 Å². The Balaban J connectivity index is 2.26. The number of nitrogens with two attached hydrogens (primary N) is 1. The van der Waals surface area contributed by atoms with Gasteiger partial charge in [0.25, 0.3) is 10.0 Å². The van der Waals surface area contributed by atoms with Gasteiger partial charge in [-0.25, -0.2) is 13.4 Å². The number of pyridine rings is 1. The van der Waals surface area contributed by atoms with Crippen molar-refractivity contribution in [3.63, 3.8) is 0 Å². The Morgan fingerprint density at radius 3 is 2.68 bits per heavy atom. The Bertz CT molecular complexity index is 529. The van der Waals surface area contributed by atoms with E-state index < -0.39 is 10.0 Å². The smallest absolute Gasteiger partial charge is 0.260 e. The van der Waals surface area contributed by atoms with Crippen molar-refractivity contribution in [2.75, 3.05) is 26.7 Å². The lowest BCUT2D eigenvalue weighted by atomic mass is 10.2. The van der Waals surface area contributed by atoms with Crippen LogP contribution in [0.1, 0.15) is 12.5 Å². The molecule has 0 bridgehead atoms. The lowest BCUT2D eigenvalue weighted by Gasteiger charge is -2.36. The Kier molecular flexibility index (Phi) is 4.19. The zero-order valence-corrected chi connectivity index (χ0v) is 12.1. The Morgan fingerprint density at radius 1 is 1.42 bits per heavy atom. The molecule has 19 heavy (non-hydrogen) atoms. The van der Waals surface area contributed by atoms with Crippen LogP contribution < -0.4 is 5.73 Å². The van der Waals surface area contributed by atoms with Crippen molar-refractivity contribution in [2.24, 2.45) is 5.73 Å². The molecule has 0 radical (unpaired) electrons. The van der Waals surface area contributed by atoms with Gasteiger partial charge in [-0.3, -0.25) is 0 Å². The fourth-order valence-electron chi connectivity index (χ4n) is 2.28. The van der Waals surface area contributed by atoms with Crippen molar-refractivity contribution in [2.45, 2.75) is 24.5 Å². The second-order valence-corrected chi connectivity index (χ2v) is 6.77. The standard InChI is InChI=1S/C12H20N4O2S/c1-10-9-15(2)5-6-16(10)19(17,18)12-4-3-11(7-13)8-14-12/h3-4,8,10H,5-7,9,13H2,1-2H3. The molecule has 2 heterocycles. The lowest BCUT2D eigenvalue weighted by molar-refractivity contribution is 0.170. The zero-order chi connectivity index (χ0) is 14.0. The van der Waals surface area contributed by atoms with Crippen molar-refractivity contribution in [1.29, 1.82) is 0 Å². The van der Waals surface area contributed by atoms with Gasteiger partial charge in [0, 0.05) is 38.4 Å². The van der Waals surface area contributed by atoms with Gasteiger partial charge < -0.3 is 10.6 Å². The molecule has 0 saturated carbocycles. The van der Waals surface area contributed by atoms with E-state index in [1.165, 1.54) is 16.6 Å². The third-order valence-corrected chi connectivity index (χ3v) is 5.31. The van der Waals surface area contributed by atoms with Crippen LogP contribution in [-0.2, 0) is 16.6 Å². The molecule has 0 spiro atoms. The molecule has 1 fully saturated rings. The Labute approximate surface area is 114 Å². The lowest BCUT2D eigenvalue weighted by Crippen LogP contribution is -2.52. The van der Waals surface area contributed by atoms with E-state index in [1.54, 1.807) is 6.07 Å². The highest BCUT2D eigenvalue weighted by atomic mass is 32.2. The van der Waals surface area contributed by atoms with Crippen LogP contribution in [-0.4, -0.2) is 55.3 Å². The Morgan fingerprint density at radius 2 is 2.16 bits per heavy atom. The number of likely N-dealkylation sites (N-methyl/N-ethyl adjacent to an activating group) is 1. The molecule has 1 aromatic heterocycles. The predicted molar refractivity (Wildman–Crippen MR) is 73.0 cm³/mol. The molecule has 2 N–H and O–H groups in total. The SMILES string of the molecule is CC1CN(C)CCN1S(=O)(=O)c1ccc(CN)cn1. The average molecular weight is 284 g/mol. The monoisotopic (exact) mass is 284 g/mol. The molecule has 0 aliphatic carbocycles. The minimum absolute atomic E-state index is 0.0419. The highest BCUT2D eigenvalue weighted by Gasteiger charge is 2.33. The molecule has 106 valence electrons. The van der Waals surface area contributed by atoms with E-state index in [9.17, 15) is 8.42 Å². The highest BCUT2D eigenvalue weighted by molar-refractivity contribution is 7.89. The second kappa shape index (κ2) is 5.54. The van der Waals surface area contributed by atoms with Crippen LogP contribution in [0.25, 0.3) is 0 Å². The van der Waals surface area contributed by atoms with Crippen LogP contribution in [0.2, 0.25) is 0 Å². The number of sulfonamides is 1. The summed E-state index contributed by atoms with van der Waals surface area (Å²) in [6.07, 6.45) is 1.52. The predicted octanol–water partition coefficient (Wildman–Crippen LogP) is -0.135. The van der Waals surface area contributed by atoms with Gasteiger partial charge in [-0.2, -0.15) is 4.31 Å². The van der Waals surface area contributed by atoms with Gasteiger partial charge in [-0.15, -0.1) is 0 Å². The maximum atomic E-state index is 12.5. The largest absolute Gasteiger partial charge is 0.326 e. The van der Waals surface area contributed by atoms with Gasteiger partial charge in [-0.1, -0.05) is 6.07 Å². The van der Waals surface area contributed by atoms with Gasteiger partial charge >= 0.3 is 0 Å². The number of hydrogen-bond donors (Lipinski definition) is 1. The first-order chi connectivity index (χ1) is 8.95. The van der Waals surface area contributed by atoms with Crippen molar-refractivity contribution >= 4 is 10.0 Å². The van der Waals surface area contributed by atoms with E-state index in [0.717, 1.165) is 18.7 Å². The summed E-state index contributed by atoms with van der Waals surface area (Å²) < 4.78 is 26.6. The first-order valence-electron chi connectivity index (χ1n) is 6.30. The van der Waals surface area contributed by atoms with Gasteiger partial charge in [-0.05, 0) is 25.6 Å². The van der Waals surface area contributed by atoms with Crippen molar-refractivity contribution < 1.29 is 8.42 Å². The molecule has 1 saturated heterocycles. The minimum Gasteiger partial charge on any atom is -0.326 e. The molecular weight excluding hydrogens is 264 g/mol. The number of nitrogens with zero attached hydrogens (tertiary/aromatic N) is 3. The molecule has 0 amide bonds. The molecular formula is C12H20N4O2S. The molecule has 6 nitrogen and oxygen atoms in total. The quantitative estimate of drug-likeness (QED) is 0.836. The average Bonchev–Trinajstić information content (AvgIpc) is 2.38. The summed E-state index contributed by atoms with van der Waals surface area (Å²) in [5.41, 5.74) is 6.31. The third kappa shape index (κ3) is 2.94. The molecule has 1 aliphatic heterocycles. The molecule has 1 aliphatic rings. The van der Waals surface area contributed by atoms with Crippen molar-refractivity contribution in [3.05, 3.63) is 23.9 Å². The number of aromatic nitrogens is 1. The molecule has 2 rings (SSSR count). The van der Waals surface area contributed by atoms with Crippen LogP contribution >= 0.6 is 0 Å². The van der Waals surface area contributed by atoms with E-state index >= 15 is 0 Å². The number of piperazine rings is 1. The molecule has 1 unspecified atom stereocenters. The first-order valence-corrected chi connectivity index (χ1v) is 7.74. The van der Waals surface area contributed by atoms with Gasteiger partial charge in [0.15, 0.2) is 5.03 Å². The summed E-state index contributed by atoms with van der Waals surface area (Å²) in [5.74, 6) is 0. The summed E-state index contributed by atoms with van der Waals surface area (Å²) in [4.78, 5) is 6.15. The first kappa shape index (κ1) is 14.4. The van der Waals surface area contributed by atoms with Gasteiger partial charge in [0.2, 0.25) is 0 Å². The maximum Gasteiger partial charge on any atom is 0.260 e. The van der Waals surface area contributed by atoms with Crippen LogP contribution in [0.15, 0.2) is 23.4 Å². The fourth-order valence-corrected chi connectivity index (χ4v) is 3.81. The highest BCUT2D eigenvalue weighted by Crippen LogP contribution is 2.19. The van der Waals surface area contributed by atoms with Crippen molar-refractivity contribution in [3.8, 4) is 0 Å². The molecule has 1 aromatic rings. The summed E-state index contributed by atoms with van der Waals surface area (Å²) in [6.45, 7) is 4.25. The summed E-state index contributed by atoms with van der Waals surface area (Å²) in [7, 11) is -1.51. The van der Waals surface area contributed by atoms with E-state index in [2.05, 4.69) is 9.88 Å². The fraction of sp³-hybridized carbons (Fsp3) is 0.583. The molecule has 7 heteroatoms. The zero-order valence-electron chi connectivity index (χ0n) is 11.3. The number of rotatable bonds is 3. The molecule has 0 aromatic carbocycles. The minimum atomic E-state index is -3.50. The normalized spacial score (nSPS) is 22.6.